The number of H-pyrrole nitrogens is 1. The maximum Gasteiger partial charge on any atom is 0.243 e. The van der Waals surface area contributed by atoms with E-state index in [0.29, 0.717) is 24.6 Å². The van der Waals surface area contributed by atoms with Crippen LogP contribution in [0.25, 0.3) is 11.0 Å². The number of nitrogens with one attached hydrogen (secondary N) is 1. The van der Waals surface area contributed by atoms with Crippen LogP contribution in [0.15, 0.2) is 47.8 Å². The van der Waals surface area contributed by atoms with E-state index < -0.39 is 10.0 Å². The number of anilines is 1. The van der Waals surface area contributed by atoms with E-state index in [9.17, 15) is 8.42 Å². The van der Waals surface area contributed by atoms with Crippen molar-refractivity contribution >= 4 is 26.9 Å². The Balaban J connectivity index is 1.44. The second kappa shape index (κ2) is 7.38. The molecule has 2 aliphatic rings. The van der Waals surface area contributed by atoms with Crippen LogP contribution in [0.5, 0.6) is 0 Å². The van der Waals surface area contributed by atoms with E-state index in [0.717, 1.165) is 29.8 Å². The van der Waals surface area contributed by atoms with Gasteiger partial charge in [0.1, 0.15) is 17.8 Å². The van der Waals surface area contributed by atoms with Crippen LogP contribution < -0.4 is 4.90 Å². The van der Waals surface area contributed by atoms with Crippen LogP contribution in [-0.4, -0.2) is 53.4 Å². The summed E-state index contributed by atoms with van der Waals surface area (Å²) in [6, 6.07) is 10.3. The van der Waals surface area contributed by atoms with Gasteiger partial charge in [-0.1, -0.05) is 6.07 Å². The first-order valence-corrected chi connectivity index (χ1v) is 11.6. The third kappa shape index (κ3) is 3.42. The molecule has 3 aromatic rings. The summed E-state index contributed by atoms with van der Waals surface area (Å²) in [5.74, 6) is 1.50. The third-order valence-corrected chi connectivity index (χ3v) is 7.79. The fraction of sp³-hybridized carbons (Fsp3) is 0.381. The summed E-state index contributed by atoms with van der Waals surface area (Å²) in [6.45, 7) is 1.73. The van der Waals surface area contributed by atoms with E-state index in [2.05, 4.69) is 19.9 Å². The van der Waals surface area contributed by atoms with Crippen LogP contribution in [0.1, 0.15) is 24.8 Å². The maximum absolute atomic E-state index is 13.2. The minimum atomic E-state index is -3.65. The molecule has 0 bridgehead atoms. The van der Waals surface area contributed by atoms with Crippen LogP contribution in [-0.2, 0) is 10.0 Å². The standard InChI is InChI=1S/C21H22N6O2S/c22-11-16-2-1-3-18(10-16)30(28,29)26-9-7-17(13-26)27(12-15-4-5-15)21-19-6-8-23-20(19)24-14-25-21/h1-3,6,8,10,14-15,17H,4-5,7,9,12-13H2,(H,23,24,25)/t17-/m1/s1. The summed E-state index contributed by atoms with van der Waals surface area (Å²) in [7, 11) is -3.65. The third-order valence-electron chi connectivity index (χ3n) is 5.92. The molecule has 5 rings (SSSR count). The lowest BCUT2D eigenvalue weighted by molar-refractivity contribution is 0.467. The molecule has 1 aliphatic heterocycles. The molecule has 2 fully saturated rings. The summed E-state index contributed by atoms with van der Waals surface area (Å²) in [5, 5.41) is 10.1. The fourth-order valence-corrected chi connectivity index (χ4v) is 5.67. The molecule has 0 unspecified atom stereocenters. The van der Waals surface area contributed by atoms with Gasteiger partial charge < -0.3 is 9.88 Å². The van der Waals surface area contributed by atoms with Crippen LogP contribution >= 0.6 is 0 Å². The first kappa shape index (κ1) is 19.0. The Morgan fingerprint density at radius 1 is 1.23 bits per heavy atom. The van der Waals surface area contributed by atoms with Crippen molar-refractivity contribution < 1.29 is 8.42 Å². The highest BCUT2D eigenvalue weighted by Crippen LogP contribution is 2.36. The largest absolute Gasteiger partial charge is 0.351 e. The lowest BCUT2D eigenvalue weighted by Gasteiger charge is -2.30. The zero-order valence-corrected chi connectivity index (χ0v) is 17.2. The van der Waals surface area contributed by atoms with Gasteiger partial charge in [-0.25, -0.2) is 18.4 Å². The first-order valence-electron chi connectivity index (χ1n) is 10.1. The predicted octanol–water partition coefficient (Wildman–Crippen LogP) is 2.51. The van der Waals surface area contributed by atoms with E-state index in [1.165, 1.54) is 23.2 Å². The summed E-state index contributed by atoms with van der Waals surface area (Å²) in [5.41, 5.74) is 1.13. The van der Waals surface area contributed by atoms with Crippen LogP contribution in [0.3, 0.4) is 0 Å². The molecule has 1 aromatic carbocycles. The molecule has 9 heteroatoms. The number of hydrogen-bond acceptors (Lipinski definition) is 6. The van der Waals surface area contributed by atoms with E-state index in [1.807, 2.05) is 18.3 Å². The van der Waals surface area contributed by atoms with Gasteiger partial charge in [-0.2, -0.15) is 9.57 Å². The second-order valence-corrected chi connectivity index (χ2v) is 9.92. The summed E-state index contributed by atoms with van der Waals surface area (Å²) >= 11 is 0. The monoisotopic (exact) mass is 422 g/mol. The highest BCUT2D eigenvalue weighted by molar-refractivity contribution is 7.89. The Kier molecular flexibility index (Phi) is 4.68. The molecule has 30 heavy (non-hydrogen) atoms. The van der Waals surface area contributed by atoms with Crippen molar-refractivity contribution in [1.82, 2.24) is 19.3 Å². The van der Waals surface area contributed by atoms with Crippen molar-refractivity contribution in [3.05, 3.63) is 48.4 Å². The number of rotatable bonds is 6. The maximum atomic E-state index is 13.2. The van der Waals surface area contributed by atoms with Gasteiger partial charge in [0.25, 0.3) is 0 Å². The average Bonchev–Trinajstić information content (AvgIpc) is 3.24. The van der Waals surface area contributed by atoms with Crippen LogP contribution in [0.4, 0.5) is 5.82 Å². The SMILES string of the molecule is N#Cc1cccc(S(=O)(=O)N2CC[C@@H](N(CC3CC3)c3ncnc4[nH]ccc34)C2)c1. The van der Waals surface area contributed by atoms with Gasteiger partial charge in [0.15, 0.2) is 0 Å². The number of benzene rings is 1. The van der Waals surface area contributed by atoms with Gasteiger partial charge in [-0.15, -0.1) is 0 Å². The summed E-state index contributed by atoms with van der Waals surface area (Å²) in [4.78, 5) is 14.4. The van der Waals surface area contributed by atoms with Gasteiger partial charge in [0.05, 0.1) is 21.9 Å². The zero-order chi connectivity index (χ0) is 20.7. The number of fused-ring (bicyclic) bond motifs is 1. The molecule has 0 radical (unpaired) electrons. The molecule has 154 valence electrons. The lowest BCUT2D eigenvalue weighted by Crippen LogP contribution is -2.40. The normalized spacial score (nSPS) is 19.8. The molecule has 1 aliphatic carbocycles. The molecule has 0 amide bonds. The minimum Gasteiger partial charge on any atom is -0.351 e. The van der Waals surface area contributed by atoms with Crippen molar-refractivity contribution in [3.8, 4) is 6.07 Å². The van der Waals surface area contributed by atoms with Crippen molar-refractivity contribution in [2.45, 2.75) is 30.2 Å². The Morgan fingerprint density at radius 2 is 2.10 bits per heavy atom. The molecule has 2 aromatic heterocycles. The number of aromatic amines is 1. The van der Waals surface area contributed by atoms with Gasteiger partial charge in [0, 0.05) is 31.9 Å². The van der Waals surface area contributed by atoms with Gasteiger partial charge >= 0.3 is 0 Å². The summed E-state index contributed by atoms with van der Waals surface area (Å²) in [6.07, 6.45) is 6.55. The van der Waals surface area contributed by atoms with E-state index in [1.54, 1.807) is 24.5 Å². The highest BCUT2D eigenvalue weighted by atomic mass is 32.2. The van der Waals surface area contributed by atoms with E-state index in [-0.39, 0.29) is 10.9 Å². The smallest absolute Gasteiger partial charge is 0.243 e. The molecule has 3 heterocycles. The molecule has 1 saturated heterocycles. The molecule has 1 atom stereocenters. The number of hydrogen-bond donors (Lipinski definition) is 1. The number of sulfonamides is 1. The quantitative estimate of drug-likeness (QED) is 0.654. The Hall–Kier alpha value is -2.96. The number of nitrogens with zero attached hydrogens (tertiary/aromatic N) is 5. The van der Waals surface area contributed by atoms with E-state index >= 15 is 0 Å². The highest BCUT2D eigenvalue weighted by Gasteiger charge is 2.38. The Labute approximate surface area is 175 Å². The van der Waals surface area contributed by atoms with Gasteiger partial charge in [-0.05, 0) is 49.4 Å². The Bertz CT molecular complexity index is 1230. The van der Waals surface area contributed by atoms with Crippen molar-refractivity contribution in [3.63, 3.8) is 0 Å². The Morgan fingerprint density at radius 3 is 2.90 bits per heavy atom. The molecule has 1 N–H and O–H groups in total. The van der Waals surface area contributed by atoms with Crippen LogP contribution in [0, 0.1) is 17.2 Å². The molecule has 8 nitrogen and oxygen atoms in total. The van der Waals surface area contributed by atoms with Crippen molar-refractivity contribution in [2.24, 2.45) is 5.92 Å². The average molecular weight is 423 g/mol. The van der Waals surface area contributed by atoms with Crippen molar-refractivity contribution in [1.29, 1.82) is 5.26 Å². The predicted molar refractivity (Wildman–Crippen MR) is 112 cm³/mol. The van der Waals surface area contributed by atoms with Gasteiger partial charge in [0.2, 0.25) is 10.0 Å². The first-order chi connectivity index (χ1) is 14.6. The van der Waals surface area contributed by atoms with Gasteiger partial charge in [-0.3, -0.25) is 0 Å². The van der Waals surface area contributed by atoms with Crippen LogP contribution in [0.2, 0.25) is 0 Å². The number of aromatic nitrogens is 3. The molecular weight excluding hydrogens is 400 g/mol. The minimum absolute atomic E-state index is 0.0486. The molecule has 0 spiro atoms. The number of nitriles is 1. The zero-order valence-electron chi connectivity index (χ0n) is 16.4. The fourth-order valence-electron chi connectivity index (χ4n) is 4.13. The molecule has 1 saturated carbocycles. The molecular formula is C21H22N6O2S. The summed E-state index contributed by atoms with van der Waals surface area (Å²) < 4.78 is 27.9. The second-order valence-electron chi connectivity index (χ2n) is 7.98. The van der Waals surface area contributed by atoms with Crippen molar-refractivity contribution in [2.75, 3.05) is 24.5 Å². The lowest BCUT2D eigenvalue weighted by atomic mass is 10.2. The topological polar surface area (TPSA) is 106 Å². The van der Waals surface area contributed by atoms with E-state index in [4.69, 9.17) is 5.26 Å².